The van der Waals surface area contributed by atoms with Crippen molar-refractivity contribution in [2.24, 2.45) is 5.92 Å². The van der Waals surface area contributed by atoms with Gasteiger partial charge in [-0.15, -0.1) is 0 Å². The topological polar surface area (TPSA) is 45.2 Å². The number of pyridine rings is 1. The molecule has 2 aromatic rings. The van der Waals surface area contributed by atoms with E-state index >= 15 is 0 Å². The third kappa shape index (κ3) is 4.95. The number of nitrogens with zero attached hydrogens (tertiary/aromatic N) is 2. The molecule has 1 aromatic heterocycles. The van der Waals surface area contributed by atoms with Gasteiger partial charge in [0.2, 0.25) is 0 Å². The zero-order valence-corrected chi connectivity index (χ0v) is 16.5. The van der Waals surface area contributed by atoms with Crippen LogP contribution in [0.5, 0.6) is 0 Å². The number of aromatic nitrogens is 1. The number of fused-ring (bicyclic) bond motifs is 1. The molecule has 0 spiro atoms. The third-order valence-corrected chi connectivity index (χ3v) is 5.03. The molecule has 0 saturated heterocycles. The third-order valence-electron chi connectivity index (χ3n) is 5.03. The van der Waals surface area contributed by atoms with Gasteiger partial charge < -0.3 is 5.32 Å². The Kier molecular flexibility index (Phi) is 6.40. The Hall–Kier alpha value is -2.55. The van der Waals surface area contributed by atoms with Crippen LogP contribution in [0.1, 0.15) is 52.6 Å². The van der Waals surface area contributed by atoms with Crippen LogP contribution >= 0.6 is 0 Å². The molecule has 1 atom stereocenters. The van der Waals surface area contributed by atoms with E-state index in [0.717, 1.165) is 29.0 Å². The molecule has 1 aliphatic rings. The molecule has 1 unspecified atom stereocenters. The van der Waals surface area contributed by atoms with Crippen molar-refractivity contribution in [1.82, 2.24) is 15.2 Å². The van der Waals surface area contributed by atoms with Crippen molar-refractivity contribution in [3.63, 3.8) is 0 Å². The summed E-state index contributed by atoms with van der Waals surface area (Å²) in [4.78, 5) is 18.6. The Morgan fingerprint density at radius 3 is 2.47 bits per heavy atom. The minimum atomic E-state index is -4.38. The summed E-state index contributed by atoms with van der Waals surface area (Å²) < 4.78 is 63.0. The molecule has 0 radical (unpaired) electrons. The van der Waals surface area contributed by atoms with Gasteiger partial charge in [-0.05, 0) is 35.2 Å². The van der Waals surface area contributed by atoms with Gasteiger partial charge in [0.25, 0.3) is 12.3 Å². The lowest BCUT2D eigenvalue weighted by Gasteiger charge is -2.27. The van der Waals surface area contributed by atoms with E-state index in [0.29, 0.717) is 13.1 Å². The smallest absolute Gasteiger partial charge is 0.346 e. The lowest BCUT2D eigenvalue weighted by molar-refractivity contribution is -0.137. The highest BCUT2D eigenvalue weighted by Crippen LogP contribution is 2.39. The molecule has 0 saturated carbocycles. The summed E-state index contributed by atoms with van der Waals surface area (Å²) in [5, 5.41) is 2.16. The molecule has 0 bridgehead atoms. The summed E-state index contributed by atoms with van der Waals surface area (Å²) in [6.07, 6.45) is -5.65. The molecule has 162 valence electrons. The number of nitrogens with one attached hydrogen (secondary N) is 1. The van der Waals surface area contributed by atoms with E-state index < -0.39 is 30.6 Å². The monoisotopic (exact) mass is 427 g/mol. The van der Waals surface area contributed by atoms with Crippen molar-refractivity contribution >= 4 is 5.91 Å². The van der Waals surface area contributed by atoms with Crippen LogP contribution in [0.4, 0.5) is 22.0 Å². The molecule has 3 rings (SSSR count). The lowest BCUT2D eigenvalue weighted by Crippen LogP contribution is -2.28. The Labute approximate surface area is 171 Å². The second-order valence-corrected chi connectivity index (χ2v) is 7.66. The van der Waals surface area contributed by atoms with E-state index in [2.05, 4.69) is 15.2 Å². The van der Waals surface area contributed by atoms with Crippen LogP contribution in [0.15, 0.2) is 36.5 Å². The second kappa shape index (κ2) is 8.67. The zero-order valence-electron chi connectivity index (χ0n) is 16.5. The van der Waals surface area contributed by atoms with Crippen LogP contribution < -0.4 is 5.32 Å². The molecule has 0 aliphatic carbocycles. The van der Waals surface area contributed by atoms with Crippen molar-refractivity contribution in [2.45, 2.75) is 45.6 Å². The Morgan fingerprint density at radius 2 is 1.90 bits per heavy atom. The molecule has 30 heavy (non-hydrogen) atoms. The maximum absolute atomic E-state index is 12.8. The van der Waals surface area contributed by atoms with Gasteiger partial charge in [0.05, 0.1) is 29.4 Å². The number of benzene rings is 1. The van der Waals surface area contributed by atoms with Gasteiger partial charge in [0, 0.05) is 19.3 Å². The van der Waals surface area contributed by atoms with Crippen LogP contribution in [0.2, 0.25) is 0 Å². The van der Waals surface area contributed by atoms with E-state index in [9.17, 15) is 26.7 Å². The quantitative estimate of drug-likeness (QED) is 0.673. The van der Waals surface area contributed by atoms with Gasteiger partial charge in [0.15, 0.2) is 0 Å². The number of carbonyl (C=O) groups excluding carboxylic acids is 1. The minimum absolute atomic E-state index is 0.0690. The number of alkyl halides is 5. The van der Waals surface area contributed by atoms with Gasteiger partial charge in [-0.25, -0.2) is 8.78 Å². The van der Waals surface area contributed by atoms with E-state index in [4.69, 9.17) is 0 Å². The van der Waals surface area contributed by atoms with Crippen molar-refractivity contribution in [1.29, 1.82) is 0 Å². The Balaban J connectivity index is 1.78. The number of halogens is 5. The Morgan fingerprint density at radius 1 is 1.23 bits per heavy atom. The van der Waals surface area contributed by atoms with Gasteiger partial charge in [-0.1, -0.05) is 26.0 Å². The maximum atomic E-state index is 12.8. The van der Waals surface area contributed by atoms with E-state index in [-0.39, 0.29) is 17.5 Å². The van der Waals surface area contributed by atoms with Crippen molar-refractivity contribution in [2.75, 3.05) is 6.54 Å². The highest BCUT2D eigenvalue weighted by Gasteiger charge is 2.35. The normalized spacial score (nSPS) is 16.9. The minimum Gasteiger partial charge on any atom is -0.346 e. The first-order valence-corrected chi connectivity index (χ1v) is 9.51. The molecule has 1 amide bonds. The fraction of sp³-hybridized carbons (Fsp3) is 0.429. The molecule has 2 heterocycles. The summed E-state index contributed by atoms with van der Waals surface area (Å²) in [6.45, 7) is 4.19. The van der Waals surface area contributed by atoms with Crippen molar-refractivity contribution in [3.05, 3.63) is 64.5 Å². The van der Waals surface area contributed by atoms with Crippen LogP contribution in [0.25, 0.3) is 0 Å². The molecule has 4 nitrogen and oxygen atoms in total. The van der Waals surface area contributed by atoms with Crippen LogP contribution in [-0.2, 0) is 19.3 Å². The maximum Gasteiger partial charge on any atom is 0.416 e. The van der Waals surface area contributed by atoms with E-state index in [1.54, 1.807) is 6.07 Å². The highest BCUT2D eigenvalue weighted by molar-refractivity contribution is 5.94. The van der Waals surface area contributed by atoms with Gasteiger partial charge in [-0.2, -0.15) is 13.2 Å². The van der Waals surface area contributed by atoms with Crippen molar-refractivity contribution < 1.29 is 26.7 Å². The van der Waals surface area contributed by atoms with E-state index in [1.165, 1.54) is 18.3 Å². The number of hydrogen-bond acceptors (Lipinski definition) is 3. The average Bonchev–Trinajstić information content (AvgIpc) is 3.02. The molecule has 0 fully saturated rings. The summed E-state index contributed by atoms with van der Waals surface area (Å²) in [7, 11) is 0. The lowest BCUT2D eigenvalue weighted by atomic mass is 9.99. The van der Waals surface area contributed by atoms with Gasteiger partial charge >= 0.3 is 6.18 Å². The SMILES string of the molecule is CC(C)C1c2ncc(C(=O)NCC(F)F)cc2CN1Cc1ccc(C(F)(F)F)cc1. The summed E-state index contributed by atoms with van der Waals surface area (Å²) in [5.41, 5.74) is 1.84. The van der Waals surface area contributed by atoms with Crippen LogP contribution in [-0.4, -0.2) is 28.8 Å². The highest BCUT2D eigenvalue weighted by atomic mass is 19.4. The fourth-order valence-corrected chi connectivity index (χ4v) is 3.73. The summed E-state index contributed by atoms with van der Waals surface area (Å²) >= 11 is 0. The average molecular weight is 427 g/mol. The van der Waals surface area contributed by atoms with Crippen molar-refractivity contribution in [3.8, 4) is 0 Å². The van der Waals surface area contributed by atoms with Gasteiger partial charge in [-0.3, -0.25) is 14.7 Å². The van der Waals surface area contributed by atoms with Gasteiger partial charge in [0.1, 0.15) is 0 Å². The van der Waals surface area contributed by atoms with Crippen LogP contribution in [0.3, 0.4) is 0 Å². The molecular weight excluding hydrogens is 405 g/mol. The first-order chi connectivity index (χ1) is 14.1. The Bertz CT molecular complexity index is 897. The molecular formula is C21H22F5N3O. The fourth-order valence-electron chi connectivity index (χ4n) is 3.73. The summed E-state index contributed by atoms with van der Waals surface area (Å²) in [6, 6.07) is 6.62. The van der Waals surface area contributed by atoms with E-state index in [1.807, 2.05) is 13.8 Å². The first-order valence-electron chi connectivity index (χ1n) is 9.51. The molecule has 1 aliphatic heterocycles. The number of carbonyl (C=O) groups is 1. The summed E-state index contributed by atoms with van der Waals surface area (Å²) in [5.74, 6) is -0.445. The van der Waals surface area contributed by atoms with Crippen LogP contribution in [0, 0.1) is 5.92 Å². The molecule has 1 aromatic carbocycles. The standard InChI is InChI=1S/C21H22F5N3O/c1-12(2)19-18-15(7-14(8-27-18)20(30)28-9-17(22)23)11-29(19)10-13-3-5-16(6-4-13)21(24,25)26/h3-8,12,17,19H,9-11H2,1-2H3,(H,28,30). The number of amides is 1. The first kappa shape index (κ1) is 22.1. The molecule has 1 N–H and O–H groups in total. The predicted octanol–water partition coefficient (Wildman–Crippen LogP) is 4.81. The zero-order chi connectivity index (χ0) is 22.1. The second-order valence-electron chi connectivity index (χ2n) is 7.66. The molecule has 9 heteroatoms. The number of hydrogen-bond donors (Lipinski definition) is 1. The largest absolute Gasteiger partial charge is 0.416 e. The number of rotatable bonds is 6. The predicted molar refractivity (Wildman–Crippen MR) is 101 cm³/mol.